The number of aromatic nitrogens is 2. The lowest BCUT2D eigenvalue weighted by molar-refractivity contribution is 0.167. The number of anilines is 1. The number of carbonyl (C=O) groups is 1. The molecule has 1 unspecified atom stereocenters. The normalized spacial score (nSPS) is 18.7. The largest absolute Gasteiger partial charge is 0.453 e. The molecule has 1 aromatic heterocycles. The Morgan fingerprint density at radius 2 is 2.19 bits per heavy atom. The second kappa shape index (κ2) is 6.05. The number of rotatable bonds is 2. The lowest BCUT2D eigenvalue weighted by Crippen LogP contribution is -2.37. The average Bonchev–Trinajstić information content (AvgIpc) is 2.85. The van der Waals surface area contributed by atoms with Crippen LogP contribution >= 0.6 is 11.6 Å². The molecule has 1 aromatic rings. The number of alkyl carbamates (subject to hydrolysis) is 1. The van der Waals surface area contributed by atoms with Gasteiger partial charge in [0, 0.05) is 24.6 Å². The third kappa shape index (κ3) is 3.97. The maximum atomic E-state index is 11.3. The molecule has 1 N–H and O–H groups in total. The van der Waals surface area contributed by atoms with Crippen LogP contribution in [0.25, 0.3) is 0 Å². The summed E-state index contributed by atoms with van der Waals surface area (Å²) >= 11 is 6.11. The Balaban J connectivity index is 2.13. The molecule has 21 heavy (non-hydrogen) atoms. The van der Waals surface area contributed by atoms with Crippen molar-refractivity contribution in [1.29, 1.82) is 0 Å². The SMILES string of the molecule is COC(=O)NC1CCN(c2cc(Cl)nc(C(C)(C)C)n2)C1. The summed E-state index contributed by atoms with van der Waals surface area (Å²) in [5, 5.41) is 3.25. The third-order valence-electron chi connectivity index (χ3n) is 3.37. The van der Waals surface area contributed by atoms with Gasteiger partial charge in [-0.3, -0.25) is 0 Å². The van der Waals surface area contributed by atoms with E-state index in [1.165, 1.54) is 7.11 Å². The number of methoxy groups -OCH3 is 1. The molecule has 1 aliphatic rings. The standard InChI is InChI=1S/C14H21ClN4O2/c1-14(2,3)12-17-10(15)7-11(18-12)19-6-5-9(8-19)16-13(20)21-4/h7,9H,5-6,8H2,1-4H3,(H,16,20). The van der Waals surface area contributed by atoms with E-state index in [9.17, 15) is 4.79 Å². The highest BCUT2D eigenvalue weighted by Crippen LogP contribution is 2.26. The zero-order chi connectivity index (χ0) is 15.6. The maximum Gasteiger partial charge on any atom is 0.407 e. The minimum atomic E-state index is -0.405. The van der Waals surface area contributed by atoms with Gasteiger partial charge in [0.2, 0.25) is 0 Å². The highest BCUT2D eigenvalue weighted by atomic mass is 35.5. The van der Waals surface area contributed by atoms with Crippen LogP contribution in [0.15, 0.2) is 6.07 Å². The van der Waals surface area contributed by atoms with Crippen molar-refractivity contribution in [3.05, 3.63) is 17.0 Å². The van der Waals surface area contributed by atoms with Crippen LogP contribution in [0.3, 0.4) is 0 Å². The smallest absolute Gasteiger partial charge is 0.407 e. The van der Waals surface area contributed by atoms with Gasteiger partial charge in [0.15, 0.2) is 0 Å². The average molecular weight is 313 g/mol. The van der Waals surface area contributed by atoms with E-state index in [4.69, 9.17) is 11.6 Å². The first kappa shape index (κ1) is 15.8. The zero-order valence-corrected chi connectivity index (χ0v) is 13.6. The van der Waals surface area contributed by atoms with Gasteiger partial charge in [-0.2, -0.15) is 0 Å². The Bertz CT molecular complexity index is 530. The first-order chi connectivity index (χ1) is 9.79. The van der Waals surface area contributed by atoms with Gasteiger partial charge in [0.25, 0.3) is 0 Å². The summed E-state index contributed by atoms with van der Waals surface area (Å²) in [4.78, 5) is 22.3. The molecule has 1 fully saturated rings. The molecule has 1 aliphatic heterocycles. The minimum Gasteiger partial charge on any atom is -0.453 e. The fourth-order valence-corrected chi connectivity index (χ4v) is 2.39. The van der Waals surface area contributed by atoms with E-state index in [0.29, 0.717) is 11.7 Å². The zero-order valence-electron chi connectivity index (χ0n) is 12.8. The predicted octanol–water partition coefficient (Wildman–Crippen LogP) is 2.36. The van der Waals surface area contributed by atoms with E-state index in [2.05, 4.69) is 24.9 Å². The van der Waals surface area contributed by atoms with Crippen molar-refractivity contribution >= 4 is 23.5 Å². The molecule has 7 heteroatoms. The Labute approximate surface area is 129 Å². The lowest BCUT2D eigenvalue weighted by Gasteiger charge is -2.22. The van der Waals surface area contributed by atoms with Gasteiger partial charge in [-0.15, -0.1) is 0 Å². The van der Waals surface area contributed by atoms with E-state index in [0.717, 1.165) is 24.6 Å². The van der Waals surface area contributed by atoms with Crippen LogP contribution in [0.5, 0.6) is 0 Å². The molecular weight excluding hydrogens is 292 g/mol. The monoisotopic (exact) mass is 312 g/mol. The number of hydrogen-bond acceptors (Lipinski definition) is 5. The molecule has 2 rings (SSSR count). The number of carbonyl (C=O) groups excluding carboxylic acids is 1. The van der Waals surface area contributed by atoms with Crippen molar-refractivity contribution in [2.45, 2.75) is 38.6 Å². The van der Waals surface area contributed by atoms with Crippen LogP contribution in [0, 0.1) is 0 Å². The lowest BCUT2D eigenvalue weighted by atomic mass is 9.96. The molecular formula is C14H21ClN4O2. The molecule has 0 bridgehead atoms. The van der Waals surface area contributed by atoms with Crippen LogP contribution in [-0.4, -0.2) is 42.3 Å². The van der Waals surface area contributed by atoms with Crippen molar-refractivity contribution in [3.63, 3.8) is 0 Å². The Kier molecular flexibility index (Phi) is 4.56. The quantitative estimate of drug-likeness (QED) is 0.849. The first-order valence-corrected chi connectivity index (χ1v) is 7.32. The van der Waals surface area contributed by atoms with Crippen LogP contribution in [-0.2, 0) is 10.2 Å². The number of nitrogens with one attached hydrogen (secondary N) is 1. The summed E-state index contributed by atoms with van der Waals surface area (Å²) < 4.78 is 4.62. The summed E-state index contributed by atoms with van der Waals surface area (Å²) in [6, 6.07) is 1.82. The van der Waals surface area contributed by atoms with E-state index < -0.39 is 6.09 Å². The highest BCUT2D eigenvalue weighted by Gasteiger charge is 2.27. The van der Waals surface area contributed by atoms with Crippen molar-refractivity contribution in [1.82, 2.24) is 15.3 Å². The molecule has 1 atom stereocenters. The Hall–Kier alpha value is -1.56. The molecule has 1 amide bonds. The number of halogens is 1. The van der Waals surface area contributed by atoms with Gasteiger partial charge < -0.3 is 15.0 Å². The number of amides is 1. The first-order valence-electron chi connectivity index (χ1n) is 6.94. The molecule has 0 saturated carbocycles. The molecule has 1 saturated heterocycles. The Morgan fingerprint density at radius 1 is 1.48 bits per heavy atom. The van der Waals surface area contributed by atoms with Gasteiger partial charge >= 0.3 is 6.09 Å². The fraction of sp³-hybridized carbons (Fsp3) is 0.643. The second-order valence-corrected chi connectivity index (χ2v) is 6.58. The van der Waals surface area contributed by atoms with Crippen molar-refractivity contribution in [2.24, 2.45) is 0 Å². The van der Waals surface area contributed by atoms with Gasteiger partial charge in [0.05, 0.1) is 13.2 Å². The van der Waals surface area contributed by atoms with E-state index in [1.54, 1.807) is 6.07 Å². The van der Waals surface area contributed by atoms with E-state index in [-0.39, 0.29) is 11.5 Å². The molecule has 116 valence electrons. The van der Waals surface area contributed by atoms with Crippen LogP contribution in [0.2, 0.25) is 5.15 Å². The van der Waals surface area contributed by atoms with Crippen LogP contribution in [0.1, 0.15) is 33.0 Å². The molecule has 6 nitrogen and oxygen atoms in total. The van der Waals surface area contributed by atoms with Crippen molar-refractivity contribution < 1.29 is 9.53 Å². The molecule has 0 spiro atoms. The summed E-state index contributed by atoms with van der Waals surface area (Å²) in [5.74, 6) is 1.52. The molecule has 0 aliphatic carbocycles. The van der Waals surface area contributed by atoms with Gasteiger partial charge in [-0.1, -0.05) is 32.4 Å². The summed E-state index contributed by atoms with van der Waals surface area (Å²) in [5.41, 5.74) is -0.164. The fourth-order valence-electron chi connectivity index (χ4n) is 2.21. The summed E-state index contributed by atoms with van der Waals surface area (Å²) in [6.07, 6.45) is 0.444. The van der Waals surface area contributed by atoms with Gasteiger partial charge in [0.1, 0.15) is 16.8 Å². The third-order valence-corrected chi connectivity index (χ3v) is 3.57. The summed E-state index contributed by atoms with van der Waals surface area (Å²) in [7, 11) is 1.36. The van der Waals surface area contributed by atoms with Crippen LogP contribution in [0.4, 0.5) is 10.6 Å². The number of ether oxygens (including phenoxy) is 1. The van der Waals surface area contributed by atoms with E-state index >= 15 is 0 Å². The van der Waals surface area contributed by atoms with Crippen molar-refractivity contribution in [3.8, 4) is 0 Å². The van der Waals surface area contributed by atoms with Crippen LogP contribution < -0.4 is 10.2 Å². The molecule has 0 aromatic carbocycles. The summed E-state index contributed by atoms with van der Waals surface area (Å²) in [6.45, 7) is 7.65. The van der Waals surface area contributed by atoms with E-state index in [1.807, 2.05) is 20.8 Å². The Morgan fingerprint density at radius 3 is 2.81 bits per heavy atom. The topological polar surface area (TPSA) is 67.3 Å². The number of hydrogen-bond donors (Lipinski definition) is 1. The second-order valence-electron chi connectivity index (χ2n) is 6.19. The minimum absolute atomic E-state index is 0.0595. The predicted molar refractivity (Wildman–Crippen MR) is 81.9 cm³/mol. The number of nitrogens with zero attached hydrogens (tertiary/aromatic N) is 3. The van der Waals surface area contributed by atoms with Gasteiger partial charge in [-0.05, 0) is 6.42 Å². The van der Waals surface area contributed by atoms with Gasteiger partial charge in [-0.25, -0.2) is 14.8 Å². The molecule has 2 heterocycles. The maximum absolute atomic E-state index is 11.3. The highest BCUT2D eigenvalue weighted by molar-refractivity contribution is 6.29. The molecule has 0 radical (unpaired) electrons. The van der Waals surface area contributed by atoms with Crippen molar-refractivity contribution in [2.75, 3.05) is 25.1 Å².